The van der Waals surface area contributed by atoms with Crippen molar-refractivity contribution in [3.8, 4) is 22.1 Å². The molecule has 0 bridgehead atoms. The van der Waals surface area contributed by atoms with E-state index in [1.807, 2.05) is 6.07 Å². The first-order valence-corrected chi connectivity index (χ1v) is 12.1. The van der Waals surface area contributed by atoms with Crippen LogP contribution in [0.25, 0.3) is 11.3 Å². The van der Waals surface area contributed by atoms with Gasteiger partial charge in [-0.05, 0) is 67.9 Å². The highest BCUT2D eigenvalue weighted by Gasteiger charge is 2.32. The standard InChI is InChI=1S/C27H24F2N4O3S/c1-27(2,33-23(34)21(30)16-6-4-3-5-7-16)25(35)32-26-31-22(17-8-10-18(28)11-9-17)24(37-26)36-20-14-12-19(29)13-15-20/h3-15,21H,30H2,1-2H3,(H,33,34)(H,31,32,35). The summed E-state index contributed by atoms with van der Waals surface area (Å²) in [4.78, 5) is 30.3. The van der Waals surface area contributed by atoms with Gasteiger partial charge in [0, 0.05) is 5.56 Å². The quantitative estimate of drug-likeness (QED) is 0.287. The summed E-state index contributed by atoms with van der Waals surface area (Å²) >= 11 is 1.03. The topological polar surface area (TPSA) is 106 Å². The van der Waals surface area contributed by atoms with E-state index in [-0.39, 0.29) is 5.13 Å². The average Bonchev–Trinajstić information content (AvgIpc) is 3.27. The van der Waals surface area contributed by atoms with Gasteiger partial charge >= 0.3 is 0 Å². The van der Waals surface area contributed by atoms with Gasteiger partial charge in [0.15, 0.2) is 5.13 Å². The van der Waals surface area contributed by atoms with E-state index in [0.717, 1.165) is 11.3 Å². The van der Waals surface area contributed by atoms with Crippen LogP contribution in [0.2, 0.25) is 0 Å². The molecule has 2 amide bonds. The summed E-state index contributed by atoms with van der Waals surface area (Å²) in [5, 5.41) is 5.87. The number of nitrogens with two attached hydrogens (primary N) is 1. The Morgan fingerprint density at radius 3 is 2.16 bits per heavy atom. The molecule has 0 saturated heterocycles. The lowest BCUT2D eigenvalue weighted by molar-refractivity contribution is -0.130. The predicted octanol–water partition coefficient (Wildman–Crippen LogP) is 5.41. The Morgan fingerprint density at radius 2 is 1.54 bits per heavy atom. The van der Waals surface area contributed by atoms with Crippen molar-refractivity contribution in [3.05, 3.63) is 96.1 Å². The molecule has 10 heteroatoms. The first-order chi connectivity index (χ1) is 17.6. The maximum atomic E-state index is 13.5. The molecular formula is C27H24F2N4O3S. The lowest BCUT2D eigenvalue weighted by atomic mass is 10.0. The molecule has 0 saturated carbocycles. The molecule has 1 heterocycles. The van der Waals surface area contributed by atoms with E-state index < -0.39 is 35.0 Å². The minimum absolute atomic E-state index is 0.191. The number of nitrogens with zero attached hydrogens (tertiary/aromatic N) is 1. The van der Waals surface area contributed by atoms with Gasteiger partial charge in [0.25, 0.3) is 5.91 Å². The van der Waals surface area contributed by atoms with Gasteiger partial charge in [-0.3, -0.25) is 14.9 Å². The van der Waals surface area contributed by atoms with Gasteiger partial charge in [0.2, 0.25) is 11.0 Å². The molecule has 0 aliphatic rings. The van der Waals surface area contributed by atoms with Crippen LogP contribution in [-0.2, 0) is 9.59 Å². The molecule has 190 valence electrons. The van der Waals surface area contributed by atoms with Crippen LogP contribution >= 0.6 is 11.3 Å². The van der Waals surface area contributed by atoms with E-state index in [1.165, 1.54) is 48.5 Å². The first-order valence-electron chi connectivity index (χ1n) is 11.3. The maximum Gasteiger partial charge on any atom is 0.251 e. The van der Waals surface area contributed by atoms with Crippen LogP contribution in [0.3, 0.4) is 0 Å². The molecule has 4 aromatic rings. The van der Waals surface area contributed by atoms with E-state index in [9.17, 15) is 18.4 Å². The number of thiazole rings is 1. The minimum Gasteiger partial charge on any atom is -0.444 e. The van der Waals surface area contributed by atoms with Crippen LogP contribution in [-0.4, -0.2) is 22.3 Å². The number of hydrogen-bond donors (Lipinski definition) is 3. The molecule has 1 atom stereocenters. The SMILES string of the molecule is CC(C)(NC(=O)C(N)c1ccccc1)C(=O)Nc1nc(-c2ccc(F)cc2)c(Oc2ccc(F)cc2)s1. The molecule has 1 aromatic heterocycles. The van der Waals surface area contributed by atoms with E-state index in [0.29, 0.717) is 27.6 Å². The van der Waals surface area contributed by atoms with Gasteiger partial charge in [-0.15, -0.1) is 0 Å². The second-order valence-electron chi connectivity index (χ2n) is 8.67. The third-order valence-electron chi connectivity index (χ3n) is 5.40. The monoisotopic (exact) mass is 522 g/mol. The van der Waals surface area contributed by atoms with Gasteiger partial charge in [-0.2, -0.15) is 0 Å². The number of aromatic nitrogens is 1. The van der Waals surface area contributed by atoms with Crippen molar-refractivity contribution >= 4 is 28.3 Å². The molecule has 0 radical (unpaired) electrons. The van der Waals surface area contributed by atoms with Crippen molar-refractivity contribution < 1.29 is 23.1 Å². The van der Waals surface area contributed by atoms with E-state index >= 15 is 0 Å². The second-order valence-corrected chi connectivity index (χ2v) is 9.64. The molecule has 0 fully saturated rings. The zero-order valence-electron chi connectivity index (χ0n) is 20.0. The Morgan fingerprint density at radius 1 is 0.946 bits per heavy atom. The Kier molecular flexibility index (Phi) is 7.61. The van der Waals surface area contributed by atoms with Crippen molar-refractivity contribution in [2.45, 2.75) is 25.4 Å². The molecule has 0 spiro atoms. The van der Waals surface area contributed by atoms with Crippen LogP contribution < -0.4 is 21.1 Å². The lowest BCUT2D eigenvalue weighted by Gasteiger charge is -2.26. The Balaban J connectivity index is 1.54. The highest BCUT2D eigenvalue weighted by molar-refractivity contribution is 7.18. The van der Waals surface area contributed by atoms with Crippen molar-refractivity contribution in [1.82, 2.24) is 10.3 Å². The fourth-order valence-electron chi connectivity index (χ4n) is 3.34. The van der Waals surface area contributed by atoms with Crippen LogP contribution in [0.15, 0.2) is 78.9 Å². The summed E-state index contributed by atoms with van der Waals surface area (Å²) in [6.07, 6.45) is 0. The second kappa shape index (κ2) is 10.9. The number of benzene rings is 3. The summed E-state index contributed by atoms with van der Waals surface area (Å²) in [7, 11) is 0. The number of ether oxygens (including phenoxy) is 1. The number of nitrogens with one attached hydrogen (secondary N) is 2. The van der Waals surface area contributed by atoms with E-state index in [1.54, 1.807) is 38.1 Å². The van der Waals surface area contributed by atoms with Crippen molar-refractivity contribution in [2.75, 3.05) is 5.32 Å². The number of carbonyl (C=O) groups is 2. The summed E-state index contributed by atoms with van der Waals surface area (Å²) in [6, 6.07) is 18.9. The van der Waals surface area contributed by atoms with Crippen LogP contribution in [0.4, 0.5) is 13.9 Å². The zero-order valence-corrected chi connectivity index (χ0v) is 20.8. The lowest BCUT2D eigenvalue weighted by Crippen LogP contribution is -2.54. The Hall–Kier alpha value is -4.15. The van der Waals surface area contributed by atoms with Crippen LogP contribution in [0.1, 0.15) is 25.5 Å². The maximum absolute atomic E-state index is 13.5. The summed E-state index contributed by atoms with van der Waals surface area (Å²) in [5.74, 6) is -1.53. The molecule has 7 nitrogen and oxygen atoms in total. The van der Waals surface area contributed by atoms with E-state index in [2.05, 4.69) is 15.6 Å². The molecule has 1 unspecified atom stereocenters. The van der Waals surface area contributed by atoms with Crippen molar-refractivity contribution in [1.29, 1.82) is 0 Å². The molecular weight excluding hydrogens is 498 g/mol. The Bertz CT molecular complexity index is 1390. The average molecular weight is 523 g/mol. The molecule has 37 heavy (non-hydrogen) atoms. The number of amides is 2. The molecule has 0 aliphatic carbocycles. The summed E-state index contributed by atoms with van der Waals surface area (Å²) < 4.78 is 32.7. The molecule has 4 rings (SSSR count). The molecule has 4 N–H and O–H groups in total. The van der Waals surface area contributed by atoms with Gasteiger partial charge in [-0.25, -0.2) is 13.8 Å². The van der Waals surface area contributed by atoms with E-state index in [4.69, 9.17) is 10.5 Å². The Labute approximate surface area is 216 Å². The number of anilines is 1. The van der Waals surface area contributed by atoms with Crippen LogP contribution in [0, 0.1) is 11.6 Å². The number of hydrogen-bond acceptors (Lipinski definition) is 6. The van der Waals surface area contributed by atoms with Gasteiger partial charge in [0.1, 0.15) is 34.7 Å². The predicted molar refractivity (Wildman–Crippen MR) is 138 cm³/mol. The van der Waals surface area contributed by atoms with Crippen LogP contribution in [0.5, 0.6) is 10.8 Å². The first kappa shape index (κ1) is 25.9. The fraction of sp³-hybridized carbons (Fsp3) is 0.148. The van der Waals surface area contributed by atoms with Gasteiger partial charge in [-0.1, -0.05) is 41.7 Å². The number of halogens is 2. The minimum atomic E-state index is -1.33. The fourth-order valence-corrected chi connectivity index (χ4v) is 4.19. The zero-order chi connectivity index (χ0) is 26.6. The summed E-state index contributed by atoms with van der Waals surface area (Å²) in [5.41, 5.74) is 6.25. The summed E-state index contributed by atoms with van der Waals surface area (Å²) in [6.45, 7) is 3.09. The highest BCUT2D eigenvalue weighted by atomic mass is 32.1. The highest BCUT2D eigenvalue weighted by Crippen LogP contribution is 2.40. The van der Waals surface area contributed by atoms with Gasteiger partial charge < -0.3 is 15.8 Å². The normalized spacial score (nSPS) is 12.0. The van der Waals surface area contributed by atoms with Gasteiger partial charge in [0.05, 0.1) is 0 Å². The largest absolute Gasteiger partial charge is 0.444 e. The van der Waals surface area contributed by atoms with Crippen molar-refractivity contribution in [3.63, 3.8) is 0 Å². The van der Waals surface area contributed by atoms with Crippen molar-refractivity contribution in [2.24, 2.45) is 5.73 Å². The molecule has 3 aromatic carbocycles. The number of carbonyl (C=O) groups excluding carboxylic acids is 2. The number of rotatable bonds is 8. The third kappa shape index (κ3) is 6.35. The third-order valence-corrected chi connectivity index (χ3v) is 6.25. The smallest absolute Gasteiger partial charge is 0.251 e. The molecule has 0 aliphatic heterocycles.